The van der Waals surface area contributed by atoms with Crippen LogP contribution in [0.1, 0.15) is 41.8 Å². The maximum absolute atomic E-state index is 12.7. The second kappa shape index (κ2) is 16.7. The lowest BCUT2D eigenvalue weighted by Gasteiger charge is -2.11. The molecule has 2 heterocycles. The highest BCUT2D eigenvalue weighted by Crippen LogP contribution is 2.27. The van der Waals surface area contributed by atoms with E-state index in [4.69, 9.17) is 11.6 Å². The molecule has 11 heteroatoms. The van der Waals surface area contributed by atoms with Crippen molar-refractivity contribution in [2.45, 2.75) is 39.8 Å². The fourth-order valence-electron chi connectivity index (χ4n) is 4.93. The van der Waals surface area contributed by atoms with Crippen LogP contribution in [0.4, 0.5) is 11.4 Å². The maximum Gasteiger partial charge on any atom is 0.290 e. The van der Waals surface area contributed by atoms with Crippen molar-refractivity contribution in [3.63, 3.8) is 0 Å². The predicted molar refractivity (Wildman–Crippen MR) is 187 cm³/mol. The lowest BCUT2D eigenvalue weighted by Crippen LogP contribution is -2.25. The molecule has 0 unspecified atom stereocenters. The smallest absolute Gasteiger partial charge is 0.290 e. The summed E-state index contributed by atoms with van der Waals surface area (Å²) in [5, 5.41) is 23.1. The Morgan fingerprint density at radius 1 is 0.957 bits per heavy atom. The van der Waals surface area contributed by atoms with Gasteiger partial charge in [-0.1, -0.05) is 67.4 Å². The van der Waals surface area contributed by atoms with E-state index in [1.54, 1.807) is 49.5 Å². The van der Waals surface area contributed by atoms with Crippen LogP contribution in [0.15, 0.2) is 96.1 Å². The van der Waals surface area contributed by atoms with Crippen molar-refractivity contribution in [2.24, 2.45) is 0 Å². The molecule has 0 bridgehead atoms. The Morgan fingerprint density at radius 3 is 2.38 bits per heavy atom. The Morgan fingerprint density at radius 2 is 1.68 bits per heavy atom. The van der Waals surface area contributed by atoms with Crippen LogP contribution in [-0.2, 0) is 24.3 Å². The van der Waals surface area contributed by atoms with Crippen LogP contribution in [0, 0.1) is 0 Å². The van der Waals surface area contributed by atoms with Crippen LogP contribution in [-0.4, -0.2) is 39.2 Å². The van der Waals surface area contributed by atoms with Crippen molar-refractivity contribution in [3.05, 3.63) is 123 Å². The largest absolute Gasteiger partial charge is 0.508 e. The van der Waals surface area contributed by atoms with Crippen LogP contribution in [0.25, 0.3) is 22.4 Å². The third-order valence-corrected chi connectivity index (χ3v) is 7.50. The number of halogens is 1. The molecule has 0 saturated heterocycles. The summed E-state index contributed by atoms with van der Waals surface area (Å²) in [7, 11) is 1.88. The third-order valence-electron chi connectivity index (χ3n) is 7.22. The van der Waals surface area contributed by atoms with Gasteiger partial charge in [0.25, 0.3) is 11.5 Å². The SMILES string of the molecule is CCCc1cncc(Cl)c1NC.CCn1nc(-c2cccc(-c3cccc(C(=O)NCc4cccc(O)c4)c3)c2)cc(NC=O)c1=O. The number of pyridine rings is 1. The number of rotatable bonds is 11. The predicted octanol–water partition coefficient (Wildman–Crippen LogP) is 6.53. The third kappa shape index (κ3) is 9.05. The van der Waals surface area contributed by atoms with E-state index in [1.165, 1.54) is 10.2 Å². The average molecular weight is 653 g/mol. The van der Waals surface area contributed by atoms with Crippen molar-refractivity contribution >= 4 is 35.3 Å². The Kier molecular flexibility index (Phi) is 12.2. The number of phenolic OH excluding ortho intramolecular Hbond substituents is 1. The molecule has 242 valence electrons. The molecular weight excluding hydrogens is 616 g/mol. The second-order valence-corrected chi connectivity index (χ2v) is 10.9. The fraction of sp³-hybridized carbons (Fsp3) is 0.194. The number of carbonyl (C=O) groups is 2. The van der Waals surface area contributed by atoms with Crippen molar-refractivity contribution in [1.82, 2.24) is 20.1 Å². The Balaban J connectivity index is 0.000000351. The van der Waals surface area contributed by atoms with E-state index in [-0.39, 0.29) is 22.9 Å². The summed E-state index contributed by atoms with van der Waals surface area (Å²) in [6.45, 7) is 4.60. The van der Waals surface area contributed by atoms with Gasteiger partial charge < -0.3 is 21.1 Å². The summed E-state index contributed by atoms with van der Waals surface area (Å²) in [6.07, 6.45) is 6.11. The van der Waals surface area contributed by atoms with Crippen molar-refractivity contribution in [1.29, 1.82) is 0 Å². The normalized spacial score (nSPS) is 10.4. The molecule has 47 heavy (non-hydrogen) atoms. The van der Waals surface area contributed by atoms with Crippen molar-refractivity contribution in [3.8, 4) is 28.1 Å². The number of hydrogen-bond acceptors (Lipinski definition) is 7. The number of aryl methyl sites for hydroxylation is 2. The molecular formula is C36H37ClN6O4. The van der Waals surface area contributed by atoms with Crippen LogP contribution < -0.4 is 21.5 Å². The minimum absolute atomic E-state index is 0.150. The highest BCUT2D eigenvalue weighted by molar-refractivity contribution is 6.33. The molecule has 0 atom stereocenters. The van der Waals surface area contributed by atoms with Gasteiger partial charge in [-0.25, -0.2) is 4.68 Å². The van der Waals surface area contributed by atoms with Gasteiger partial charge in [-0.15, -0.1) is 0 Å². The number of carbonyl (C=O) groups excluding carboxylic acids is 2. The molecule has 0 radical (unpaired) electrons. The summed E-state index contributed by atoms with van der Waals surface area (Å²) in [4.78, 5) is 40.0. The minimum atomic E-state index is -0.371. The standard InChI is InChI=1S/C27H24N4O4.C9H13ClN2/c1-2-31-27(35)25(29-17-32)15-24(30-31)21-9-4-7-19(13-21)20-8-5-10-22(14-20)26(34)28-16-18-6-3-11-23(33)12-18;1-3-4-7-5-12-6-8(10)9(7)11-2/h3-15,17,33H,2,16H2,1H3,(H,28,34)(H,29,32);5-6H,3-4H2,1-2H3,(H,11,12). The van der Waals surface area contributed by atoms with E-state index in [2.05, 4.69) is 33.0 Å². The molecule has 0 saturated carbocycles. The summed E-state index contributed by atoms with van der Waals surface area (Å²) in [5.74, 6) is -0.0795. The second-order valence-electron chi connectivity index (χ2n) is 10.5. The van der Waals surface area contributed by atoms with Gasteiger partial charge in [-0.05, 0) is 72.0 Å². The highest BCUT2D eigenvalue weighted by Gasteiger charge is 2.12. The van der Waals surface area contributed by atoms with E-state index >= 15 is 0 Å². The molecule has 0 spiro atoms. The summed E-state index contributed by atoms with van der Waals surface area (Å²) < 4.78 is 1.30. The van der Waals surface area contributed by atoms with Crippen LogP contribution in [0.5, 0.6) is 5.75 Å². The lowest BCUT2D eigenvalue weighted by molar-refractivity contribution is -0.105. The molecule has 10 nitrogen and oxygen atoms in total. The molecule has 0 fully saturated rings. The zero-order valence-corrected chi connectivity index (χ0v) is 27.2. The number of anilines is 2. The Bertz CT molecular complexity index is 1910. The number of amides is 2. The first kappa shape index (κ1) is 34.4. The topological polar surface area (TPSA) is 138 Å². The number of nitrogens with zero attached hydrogens (tertiary/aromatic N) is 3. The molecule has 2 amide bonds. The zero-order valence-electron chi connectivity index (χ0n) is 26.5. The van der Waals surface area contributed by atoms with E-state index in [0.717, 1.165) is 40.8 Å². The number of aromatic hydroxyl groups is 1. The minimum Gasteiger partial charge on any atom is -0.508 e. The first-order chi connectivity index (χ1) is 22.8. The van der Waals surface area contributed by atoms with Crippen LogP contribution in [0.3, 0.4) is 0 Å². The highest BCUT2D eigenvalue weighted by atomic mass is 35.5. The van der Waals surface area contributed by atoms with E-state index in [1.807, 2.05) is 55.7 Å². The van der Waals surface area contributed by atoms with Crippen LogP contribution >= 0.6 is 11.6 Å². The van der Waals surface area contributed by atoms with Gasteiger partial charge in [-0.3, -0.25) is 19.4 Å². The van der Waals surface area contributed by atoms with Gasteiger partial charge in [-0.2, -0.15) is 5.10 Å². The quantitative estimate of drug-likeness (QED) is 0.119. The Hall–Kier alpha value is -5.48. The van der Waals surface area contributed by atoms with E-state index < -0.39 is 0 Å². The first-order valence-corrected chi connectivity index (χ1v) is 15.5. The average Bonchev–Trinajstić information content (AvgIpc) is 3.09. The number of benzene rings is 3. The number of nitrogens with one attached hydrogen (secondary N) is 3. The van der Waals surface area contributed by atoms with Gasteiger partial charge in [0, 0.05) is 43.7 Å². The number of phenols is 1. The van der Waals surface area contributed by atoms with E-state index in [9.17, 15) is 19.5 Å². The summed E-state index contributed by atoms with van der Waals surface area (Å²) in [6, 6.07) is 23.1. The fourth-order valence-corrected chi connectivity index (χ4v) is 5.20. The monoisotopic (exact) mass is 652 g/mol. The summed E-state index contributed by atoms with van der Waals surface area (Å²) >= 11 is 5.94. The van der Waals surface area contributed by atoms with Crippen molar-refractivity contribution < 1.29 is 14.7 Å². The van der Waals surface area contributed by atoms with E-state index in [0.29, 0.717) is 35.8 Å². The van der Waals surface area contributed by atoms with Crippen LogP contribution in [0.2, 0.25) is 5.02 Å². The molecule has 5 aromatic rings. The molecule has 4 N–H and O–H groups in total. The van der Waals surface area contributed by atoms with Crippen molar-refractivity contribution in [2.75, 3.05) is 17.7 Å². The molecule has 2 aromatic heterocycles. The zero-order chi connectivity index (χ0) is 33.8. The van der Waals surface area contributed by atoms with Gasteiger partial charge in [0.05, 0.1) is 16.4 Å². The first-order valence-electron chi connectivity index (χ1n) is 15.2. The molecule has 0 aliphatic carbocycles. The maximum atomic E-state index is 12.7. The molecule has 5 rings (SSSR count). The van der Waals surface area contributed by atoms with Gasteiger partial charge in [0.1, 0.15) is 11.4 Å². The molecule has 0 aliphatic rings. The lowest BCUT2D eigenvalue weighted by atomic mass is 9.99. The number of hydrogen-bond donors (Lipinski definition) is 4. The van der Waals surface area contributed by atoms with Gasteiger partial charge in [0.15, 0.2) is 0 Å². The molecule has 3 aromatic carbocycles. The number of aromatic nitrogens is 3. The van der Waals surface area contributed by atoms with Gasteiger partial charge in [0.2, 0.25) is 6.41 Å². The molecule has 0 aliphatic heterocycles. The van der Waals surface area contributed by atoms with Gasteiger partial charge >= 0.3 is 0 Å². The summed E-state index contributed by atoms with van der Waals surface area (Å²) in [5.41, 5.74) is 6.29. The Labute approximate surface area is 278 Å².